The Morgan fingerprint density at radius 2 is 1.27 bits per heavy atom. The predicted octanol–water partition coefficient (Wildman–Crippen LogP) is 6.97. The lowest BCUT2D eigenvalue weighted by molar-refractivity contribution is -0.116. The highest BCUT2D eigenvalue weighted by Crippen LogP contribution is 2.33. The summed E-state index contributed by atoms with van der Waals surface area (Å²) in [5.41, 5.74) is 16.0. The van der Waals surface area contributed by atoms with Crippen LogP contribution in [0.3, 0.4) is 0 Å². The summed E-state index contributed by atoms with van der Waals surface area (Å²) in [6.07, 6.45) is 5.23. The van der Waals surface area contributed by atoms with Crippen LogP contribution in [0.5, 0.6) is 0 Å². The van der Waals surface area contributed by atoms with Crippen LogP contribution < -0.4 is 27.5 Å². The molecule has 4 aromatic carbocycles. The van der Waals surface area contributed by atoms with Crippen LogP contribution in [0.1, 0.15) is 51.5 Å². The molecule has 0 aliphatic carbocycles. The first-order valence-electron chi connectivity index (χ1n) is 24.7. The number of carbonyl (C=O) groups is 1. The summed E-state index contributed by atoms with van der Waals surface area (Å²) in [5, 5.41) is 20.8. The van der Waals surface area contributed by atoms with E-state index in [0.717, 1.165) is 57.5 Å². The molecule has 1 amide bonds. The van der Waals surface area contributed by atoms with E-state index in [-0.39, 0.29) is 30.1 Å². The second-order valence-corrected chi connectivity index (χ2v) is 19.1. The number of rotatable bonds is 11. The van der Waals surface area contributed by atoms with Gasteiger partial charge in [0.25, 0.3) is 11.1 Å². The number of aromatic nitrogens is 10. The third-order valence-electron chi connectivity index (χ3n) is 14.3. The summed E-state index contributed by atoms with van der Waals surface area (Å²) in [4.78, 5) is 63.7. The van der Waals surface area contributed by atoms with Crippen molar-refractivity contribution in [1.29, 1.82) is 0 Å². The minimum Gasteiger partial charge on any atom is -0.383 e. The van der Waals surface area contributed by atoms with Crippen molar-refractivity contribution in [3.05, 3.63) is 175 Å². The van der Waals surface area contributed by atoms with E-state index in [1.807, 2.05) is 123 Å². The number of aryl methyl sites for hydroxylation is 4. The number of nitrogens with two attached hydrogens (primary N) is 1. The fourth-order valence-electron chi connectivity index (χ4n) is 10.6. The molecule has 0 atom stereocenters. The average molecular weight is 985 g/mol. The highest BCUT2D eigenvalue weighted by atomic mass is 16.5. The van der Waals surface area contributed by atoms with Crippen LogP contribution in [0, 0.1) is 27.7 Å². The summed E-state index contributed by atoms with van der Waals surface area (Å²) in [6, 6.07) is 29.5. The number of morpholine rings is 1. The first kappa shape index (κ1) is 46.2. The molecule has 8 heterocycles. The van der Waals surface area contributed by atoms with Gasteiger partial charge < -0.3 is 21.1 Å². The second-order valence-electron chi connectivity index (χ2n) is 19.1. The minimum absolute atomic E-state index is 0.132. The molecule has 18 heteroatoms. The van der Waals surface area contributed by atoms with Gasteiger partial charge in [-0.3, -0.25) is 28.4 Å². The summed E-state index contributed by atoms with van der Waals surface area (Å²) >= 11 is 0. The van der Waals surface area contributed by atoms with E-state index in [0.29, 0.717) is 111 Å². The zero-order valence-corrected chi connectivity index (χ0v) is 41.4. The number of carbonyl (C=O) groups excluding carboxylic acids is 1. The van der Waals surface area contributed by atoms with Crippen molar-refractivity contribution >= 4 is 72.9 Å². The van der Waals surface area contributed by atoms with Gasteiger partial charge in [0, 0.05) is 48.8 Å². The number of pyridine rings is 2. The van der Waals surface area contributed by atoms with E-state index in [9.17, 15) is 9.59 Å². The van der Waals surface area contributed by atoms with Crippen molar-refractivity contribution in [3.8, 4) is 11.4 Å². The molecule has 10 aromatic rings. The van der Waals surface area contributed by atoms with Gasteiger partial charge in [0.2, 0.25) is 5.91 Å². The van der Waals surface area contributed by atoms with Gasteiger partial charge in [-0.25, -0.2) is 29.3 Å². The van der Waals surface area contributed by atoms with E-state index in [2.05, 4.69) is 25.5 Å². The lowest BCUT2D eigenvalue weighted by Crippen LogP contribution is -2.35. The van der Waals surface area contributed by atoms with Crippen molar-refractivity contribution in [2.24, 2.45) is 0 Å². The molecular weight excluding hydrogens is 933 g/mol. The van der Waals surface area contributed by atoms with Gasteiger partial charge in [-0.1, -0.05) is 60.7 Å². The molecule has 0 spiro atoms. The molecule has 4 N–H and O–H groups in total. The van der Waals surface area contributed by atoms with Gasteiger partial charge in [0.05, 0.1) is 70.6 Å². The molecule has 12 rings (SSSR count). The third kappa shape index (κ3) is 8.13. The summed E-state index contributed by atoms with van der Waals surface area (Å²) in [7, 11) is 0. The van der Waals surface area contributed by atoms with Crippen LogP contribution in [0.2, 0.25) is 0 Å². The molecule has 2 aliphatic rings. The number of amides is 1. The number of nitrogen functional groups attached to an aromatic ring is 1. The second kappa shape index (κ2) is 18.6. The van der Waals surface area contributed by atoms with Crippen molar-refractivity contribution in [2.45, 2.75) is 53.8 Å². The maximum absolute atomic E-state index is 15.1. The number of fused-ring (bicyclic) bond motifs is 4. The van der Waals surface area contributed by atoms with E-state index < -0.39 is 0 Å². The van der Waals surface area contributed by atoms with Crippen molar-refractivity contribution in [3.63, 3.8) is 0 Å². The van der Waals surface area contributed by atoms with Gasteiger partial charge in [0.1, 0.15) is 24.3 Å². The van der Waals surface area contributed by atoms with Crippen LogP contribution in [-0.4, -0.2) is 92.3 Å². The number of anilines is 3. The van der Waals surface area contributed by atoms with Gasteiger partial charge in [-0.2, -0.15) is 10.2 Å². The maximum Gasteiger partial charge on any atom is 0.263 e. The molecule has 370 valence electrons. The number of para-hydroxylation sites is 1. The Hall–Kier alpha value is -8.87. The SMILES string of the molecule is Cc1ccc(Nc2ncnc3c2c(/C=C2/CCNC2=O)nn3Cc2cc3cccc(C)c3c(=O)n2-c2ccccc2C)cc1-n1c(Cn2nc(CN3CCOCC3)c3c(N)ncnc32)cc2cccc(C)c2c1=O. The van der Waals surface area contributed by atoms with Crippen molar-refractivity contribution < 1.29 is 9.53 Å². The molecule has 74 heavy (non-hydrogen) atoms. The molecule has 0 saturated carbocycles. The Morgan fingerprint density at radius 3 is 1.95 bits per heavy atom. The predicted molar refractivity (Wildman–Crippen MR) is 286 cm³/mol. The number of hydrogen-bond donors (Lipinski definition) is 3. The third-order valence-corrected chi connectivity index (χ3v) is 14.3. The fraction of sp³-hybridized carbons (Fsp3) is 0.232. The van der Waals surface area contributed by atoms with E-state index >= 15 is 4.79 Å². The lowest BCUT2D eigenvalue weighted by atomic mass is 10.0. The number of nitrogens with one attached hydrogen (secondary N) is 2. The van der Waals surface area contributed by atoms with Gasteiger partial charge >= 0.3 is 0 Å². The first-order chi connectivity index (χ1) is 36.0. The lowest BCUT2D eigenvalue weighted by Gasteiger charge is -2.25. The summed E-state index contributed by atoms with van der Waals surface area (Å²) in [6.45, 7) is 12.1. The van der Waals surface area contributed by atoms with Gasteiger partial charge in [-0.05, 0) is 104 Å². The summed E-state index contributed by atoms with van der Waals surface area (Å²) in [5.74, 6) is 0.605. The zero-order valence-electron chi connectivity index (χ0n) is 41.4. The maximum atomic E-state index is 15.1. The van der Waals surface area contributed by atoms with Crippen LogP contribution in [0.15, 0.2) is 119 Å². The number of ether oxygens (including phenoxy) is 1. The molecule has 6 aromatic heterocycles. The molecule has 2 saturated heterocycles. The monoisotopic (exact) mass is 984 g/mol. The molecule has 18 nitrogen and oxygen atoms in total. The fourth-order valence-corrected chi connectivity index (χ4v) is 10.6. The van der Waals surface area contributed by atoms with E-state index in [4.69, 9.17) is 30.6 Å². The number of hydrogen-bond acceptors (Lipinski definition) is 13. The normalized spacial score (nSPS) is 14.8. The number of nitrogens with zero attached hydrogens (tertiary/aromatic N) is 11. The highest BCUT2D eigenvalue weighted by molar-refractivity contribution is 6.03. The van der Waals surface area contributed by atoms with Crippen LogP contribution >= 0.6 is 0 Å². The molecular formula is C56H52N14O4. The van der Waals surface area contributed by atoms with Crippen LogP contribution in [0.4, 0.5) is 17.3 Å². The molecule has 2 aliphatic heterocycles. The van der Waals surface area contributed by atoms with Crippen LogP contribution in [0.25, 0.3) is 61.1 Å². The van der Waals surface area contributed by atoms with Crippen molar-refractivity contribution in [1.82, 2.24) is 58.8 Å². The largest absolute Gasteiger partial charge is 0.383 e. The smallest absolute Gasteiger partial charge is 0.263 e. The van der Waals surface area contributed by atoms with Crippen LogP contribution in [-0.2, 0) is 29.2 Å². The number of benzene rings is 4. The highest BCUT2D eigenvalue weighted by Gasteiger charge is 2.25. The molecule has 0 unspecified atom stereocenters. The summed E-state index contributed by atoms with van der Waals surface area (Å²) < 4.78 is 12.7. The zero-order chi connectivity index (χ0) is 50.8. The van der Waals surface area contributed by atoms with Crippen molar-refractivity contribution in [2.75, 3.05) is 43.9 Å². The molecule has 0 radical (unpaired) electrons. The van der Waals surface area contributed by atoms with E-state index in [1.165, 1.54) is 12.7 Å². The quantitative estimate of drug-likeness (QED) is 0.112. The Labute approximate surface area is 423 Å². The Morgan fingerprint density at radius 1 is 0.649 bits per heavy atom. The average Bonchev–Trinajstić information content (AvgIpc) is 4.07. The minimum atomic E-state index is -0.183. The standard InChI is InChI=1S/C56H52N14O4/c1-32-9-5-6-14-44(32)69-40(23-36-12-7-10-34(3)46(36)55(69)72)27-68-53-49(42(64-68)25-38-17-18-58-54(38)71)51(60-31-62-53)63-39-16-15-33(2)45(26-39)70-41(24-37-13-8-11-35(4)47(37)56(70)73)28-67-52-48(50(57)59-30-61-52)43(65-67)29-66-19-21-74-22-20-66/h5-16,23-26,30-31H,17-22,27-29H2,1-4H3,(H,58,71)(H2,57,59,61)(H,60,62,63)/b38-25-. The first-order valence-corrected chi connectivity index (χ1v) is 24.7. The topological polar surface area (TPSA) is 211 Å². The Bertz CT molecular complexity index is 4090. The molecule has 0 bridgehead atoms. The Kier molecular flexibility index (Phi) is 11.6. The molecule has 2 fully saturated rings. The Balaban J connectivity index is 0.984. The van der Waals surface area contributed by atoms with Gasteiger partial charge in [-0.15, -0.1) is 0 Å². The van der Waals surface area contributed by atoms with Gasteiger partial charge in [0.15, 0.2) is 11.3 Å². The van der Waals surface area contributed by atoms with E-state index in [1.54, 1.807) is 19.9 Å².